The minimum Gasteiger partial charge on any atom is -0.303 e. The lowest BCUT2D eigenvalue weighted by Crippen LogP contribution is -1.89. The second kappa shape index (κ2) is 5.11. The van der Waals surface area contributed by atoms with Crippen molar-refractivity contribution in [2.75, 3.05) is 0 Å². The monoisotopic (exact) mass is 202 g/mol. The number of carbonyl (C=O) groups is 1. The van der Waals surface area contributed by atoms with E-state index in [0.717, 1.165) is 25.5 Å². The van der Waals surface area contributed by atoms with Crippen molar-refractivity contribution in [3.05, 3.63) is 34.9 Å². The molecule has 2 rings (SSSR count). The SMILES string of the molecule is O=CCCCCc1ccc2c(c1)CCC2. The van der Waals surface area contributed by atoms with Crippen LogP contribution in [-0.2, 0) is 24.1 Å². The Kier molecular flexibility index (Phi) is 3.54. The highest BCUT2D eigenvalue weighted by Gasteiger charge is 2.10. The van der Waals surface area contributed by atoms with Crippen LogP contribution in [0.25, 0.3) is 0 Å². The molecule has 1 aromatic carbocycles. The third-order valence-corrected chi connectivity index (χ3v) is 3.20. The molecule has 0 atom stereocenters. The summed E-state index contributed by atoms with van der Waals surface area (Å²) in [5.74, 6) is 0. The van der Waals surface area contributed by atoms with Crippen molar-refractivity contribution in [2.24, 2.45) is 0 Å². The zero-order valence-corrected chi connectivity index (χ0v) is 9.17. The van der Waals surface area contributed by atoms with Crippen LogP contribution < -0.4 is 0 Å². The minimum absolute atomic E-state index is 0.713. The first-order chi connectivity index (χ1) is 7.40. The largest absolute Gasteiger partial charge is 0.303 e. The highest BCUT2D eigenvalue weighted by atomic mass is 16.1. The zero-order valence-electron chi connectivity index (χ0n) is 9.17. The molecule has 0 N–H and O–H groups in total. The van der Waals surface area contributed by atoms with Gasteiger partial charge in [0.15, 0.2) is 0 Å². The Morgan fingerprint density at radius 3 is 2.87 bits per heavy atom. The molecule has 0 radical (unpaired) electrons. The molecule has 80 valence electrons. The van der Waals surface area contributed by atoms with Crippen molar-refractivity contribution < 1.29 is 4.79 Å². The van der Waals surface area contributed by atoms with Gasteiger partial charge in [0.25, 0.3) is 0 Å². The molecule has 0 fully saturated rings. The zero-order chi connectivity index (χ0) is 10.5. The molecule has 0 saturated carbocycles. The van der Waals surface area contributed by atoms with Gasteiger partial charge in [0.2, 0.25) is 0 Å². The van der Waals surface area contributed by atoms with Crippen LogP contribution in [0.4, 0.5) is 0 Å². The minimum atomic E-state index is 0.713. The van der Waals surface area contributed by atoms with Gasteiger partial charge < -0.3 is 4.79 Å². The van der Waals surface area contributed by atoms with Crippen molar-refractivity contribution in [3.8, 4) is 0 Å². The van der Waals surface area contributed by atoms with E-state index in [1.807, 2.05) is 0 Å². The number of aryl methyl sites for hydroxylation is 3. The molecule has 1 heteroatoms. The molecule has 0 aromatic heterocycles. The second-order valence-corrected chi connectivity index (χ2v) is 4.37. The van der Waals surface area contributed by atoms with Crippen molar-refractivity contribution in [3.63, 3.8) is 0 Å². The summed E-state index contributed by atoms with van der Waals surface area (Å²) in [6.45, 7) is 0. The summed E-state index contributed by atoms with van der Waals surface area (Å²) in [6.07, 6.45) is 8.87. The summed E-state index contributed by atoms with van der Waals surface area (Å²) >= 11 is 0. The average Bonchev–Trinajstić information content (AvgIpc) is 2.71. The lowest BCUT2D eigenvalue weighted by Gasteiger charge is -2.04. The maximum absolute atomic E-state index is 10.2. The number of hydrogen-bond donors (Lipinski definition) is 0. The standard InChI is InChI=1S/C14H18O/c15-10-3-1-2-5-12-8-9-13-6-4-7-14(13)11-12/h8-11H,1-7H2. The smallest absolute Gasteiger partial charge is 0.119 e. The molecule has 1 aliphatic carbocycles. The highest BCUT2D eigenvalue weighted by Crippen LogP contribution is 2.23. The highest BCUT2D eigenvalue weighted by molar-refractivity contribution is 5.48. The third kappa shape index (κ3) is 2.68. The Bertz CT molecular complexity index is 341. The van der Waals surface area contributed by atoms with Gasteiger partial charge in [-0.05, 0) is 55.2 Å². The first-order valence-electron chi connectivity index (χ1n) is 5.94. The van der Waals surface area contributed by atoms with E-state index in [4.69, 9.17) is 0 Å². The van der Waals surface area contributed by atoms with Crippen LogP contribution in [0.1, 0.15) is 42.4 Å². The van der Waals surface area contributed by atoms with Crippen molar-refractivity contribution in [1.29, 1.82) is 0 Å². The van der Waals surface area contributed by atoms with Crippen LogP contribution in [0.2, 0.25) is 0 Å². The van der Waals surface area contributed by atoms with Crippen LogP contribution in [-0.4, -0.2) is 6.29 Å². The predicted octanol–water partition coefficient (Wildman–Crippen LogP) is 3.09. The average molecular weight is 202 g/mol. The number of rotatable bonds is 5. The number of carbonyl (C=O) groups excluding carboxylic acids is 1. The second-order valence-electron chi connectivity index (χ2n) is 4.37. The van der Waals surface area contributed by atoms with Crippen molar-refractivity contribution in [1.82, 2.24) is 0 Å². The molecule has 1 aromatic rings. The van der Waals surface area contributed by atoms with Gasteiger partial charge in [-0.3, -0.25) is 0 Å². The normalized spacial score (nSPS) is 13.9. The van der Waals surface area contributed by atoms with Gasteiger partial charge >= 0.3 is 0 Å². The van der Waals surface area contributed by atoms with E-state index in [1.165, 1.54) is 24.8 Å². The summed E-state index contributed by atoms with van der Waals surface area (Å²) in [7, 11) is 0. The quantitative estimate of drug-likeness (QED) is 0.529. The topological polar surface area (TPSA) is 17.1 Å². The van der Waals surface area contributed by atoms with E-state index in [-0.39, 0.29) is 0 Å². The molecule has 0 unspecified atom stereocenters. The molecule has 1 aliphatic rings. The number of benzene rings is 1. The van der Waals surface area contributed by atoms with Gasteiger partial charge in [0.05, 0.1) is 0 Å². The fraction of sp³-hybridized carbons (Fsp3) is 0.500. The van der Waals surface area contributed by atoms with Crippen LogP contribution in [0.15, 0.2) is 18.2 Å². The van der Waals surface area contributed by atoms with Crippen molar-refractivity contribution >= 4 is 6.29 Å². The lowest BCUT2D eigenvalue weighted by atomic mass is 10.0. The van der Waals surface area contributed by atoms with E-state index < -0.39 is 0 Å². The van der Waals surface area contributed by atoms with Gasteiger partial charge in [-0.2, -0.15) is 0 Å². The number of fused-ring (bicyclic) bond motifs is 1. The molecule has 0 bridgehead atoms. The van der Waals surface area contributed by atoms with Gasteiger partial charge in [0, 0.05) is 6.42 Å². The summed E-state index contributed by atoms with van der Waals surface area (Å²) < 4.78 is 0. The third-order valence-electron chi connectivity index (χ3n) is 3.20. The number of hydrogen-bond acceptors (Lipinski definition) is 1. The molecule has 0 heterocycles. The first kappa shape index (κ1) is 10.4. The first-order valence-corrected chi connectivity index (χ1v) is 5.94. The lowest BCUT2D eigenvalue weighted by molar-refractivity contribution is -0.107. The molecular weight excluding hydrogens is 184 g/mol. The van der Waals surface area contributed by atoms with Gasteiger partial charge in [-0.15, -0.1) is 0 Å². The summed E-state index contributed by atoms with van der Waals surface area (Å²) in [6, 6.07) is 6.91. The Morgan fingerprint density at radius 2 is 2.00 bits per heavy atom. The molecule has 0 spiro atoms. The van der Waals surface area contributed by atoms with E-state index >= 15 is 0 Å². The van der Waals surface area contributed by atoms with Gasteiger partial charge in [0.1, 0.15) is 6.29 Å². The fourth-order valence-electron chi connectivity index (χ4n) is 2.34. The maximum atomic E-state index is 10.2. The Labute approximate surface area is 91.5 Å². The van der Waals surface area contributed by atoms with Crippen LogP contribution >= 0.6 is 0 Å². The van der Waals surface area contributed by atoms with E-state index in [1.54, 1.807) is 11.1 Å². The summed E-state index contributed by atoms with van der Waals surface area (Å²) in [5.41, 5.74) is 4.55. The predicted molar refractivity (Wildman–Crippen MR) is 62.1 cm³/mol. The Balaban J connectivity index is 1.89. The van der Waals surface area contributed by atoms with Gasteiger partial charge in [-0.1, -0.05) is 18.2 Å². The summed E-state index contributed by atoms with van der Waals surface area (Å²) in [4.78, 5) is 10.2. The molecule has 15 heavy (non-hydrogen) atoms. The van der Waals surface area contributed by atoms with Crippen LogP contribution in [0.3, 0.4) is 0 Å². The van der Waals surface area contributed by atoms with Gasteiger partial charge in [-0.25, -0.2) is 0 Å². The van der Waals surface area contributed by atoms with Crippen molar-refractivity contribution in [2.45, 2.75) is 44.9 Å². The van der Waals surface area contributed by atoms with Crippen LogP contribution in [0, 0.1) is 0 Å². The Morgan fingerprint density at radius 1 is 1.13 bits per heavy atom. The molecular formula is C14H18O. The Hall–Kier alpha value is -1.11. The maximum Gasteiger partial charge on any atom is 0.119 e. The molecule has 0 saturated heterocycles. The van der Waals surface area contributed by atoms with E-state index in [0.29, 0.717) is 6.42 Å². The van der Waals surface area contributed by atoms with E-state index in [9.17, 15) is 4.79 Å². The fourth-order valence-corrected chi connectivity index (χ4v) is 2.34. The molecule has 1 nitrogen and oxygen atoms in total. The van der Waals surface area contributed by atoms with E-state index in [2.05, 4.69) is 18.2 Å². The molecule has 0 aliphatic heterocycles. The summed E-state index contributed by atoms with van der Waals surface area (Å²) in [5, 5.41) is 0. The molecule has 0 amide bonds. The number of unbranched alkanes of at least 4 members (excludes halogenated alkanes) is 2. The number of aldehydes is 1. The van der Waals surface area contributed by atoms with Crippen LogP contribution in [0.5, 0.6) is 0 Å².